The summed E-state index contributed by atoms with van der Waals surface area (Å²) < 4.78 is 12.5. The zero-order valence-corrected chi connectivity index (χ0v) is 16.9. The molecule has 1 aromatic heterocycles. The molecule has 1 N–H and O–H groups in total. The fourth-order valence-electron chi connectivity index (χ4n) is 3.21. The average molecular weight is 410 g/mol. The first-order chi connectivity index (χ1) is 14.0. The number of rotatable bonds is 5. The van der Waals surface area contributed by atoms with Gasteiger partial charge < -0.3 is 14.8 Å². The van der Waals surface area contributed by atoms with E-state index in [4.69, 9.17) is 21.1 Å². The Morgan fingerprint density at radius 3 is 2.83 bits per heavy atom. The molecule has 0 spiro atoms. The molecular formula is C22H20ClN3O3. The summed E-state index contributed by atoms with van der Waals surface area (Å²) in [6.07, 6.45) is 3.28. The van der Waals surface area contributed by atoms with E-state index in [2.05, 4.69) is 10.4 Å². The molecule has 0 aliphatic carbocycles. The number of nitrogens with zero attached hydrogens (tertiary/aromatic N) is 2. The Morgan fingerprint density at radius 2 is 2.00 bits per heavy atom. The van der Waals surface area contributed by atoms with Gasteiger partial charge >= 0.3 is 0 Å². The van der Waals surface area contributed by atoms with Crippen LogP contribution in [-0.2, 0) is 11.3 Å². The van der Waals surface area contributed by atoms with Crippen molar-refractivity contribution in [3.8, 4) is 11.5 Å². The molecule has 1 aliphatic heterocycles. The highest BCUT2D eigenvalue weighted by Crippen LogP contribution is 2.34. The maximum Gasteiger partial charge on any atom is 0.248 e. The minimum absolute atomic E-state index is 0.198. The molecule has 1 aliphatic rings. The number of carbonyl (C=O) groups is 1. The van der Waals surface area contributed by atoms with E-state index in [1.165, 1.54) is 6.08 Å². The quantitative estimate of drug-likeness (QED) is 0.626. The zero-order chi connectivity index (χ0) is 20.4. The second-order valence-corrected chi connectivity index (χ2v) is 7.13. The number of amides is 1. The fourth-order valence-corrected chi connectivity index (χ4v) is 3.41. The SMILES string of the molecule is Cc1nn(Cc2ccccc2Cl)c(C)c1/C=C/C(=O)Nc1ccc2c(c1)OCO2. The maximum absolute atomic E-state index is 12.3. The van der Waals surface area contributed by atoms with Crippen molar-refractivity contribution in [2.45, 2.75) is 20.4 Å². The highest BCUT2D eigenvalue weighted by atomic mass is 35.5. The van der Waals surface area contributed by atoms with Crippen LogP contribution in [-0.4, -0.2) is 22.5 Å². The summed E-state index contributed by atoms with van der Waals surface area (Å²) >= 11 is 6.26. The van der Waals surface area contributed by atoms with Gasteiger partial charge in [-0.2, -0.15) is 5.10 Å². The third-order valence-electron chi connectivity index (χ3n) is 4.76. The number of anilines is 1. The van der Waals surface area contributed by atoms with E-state index in [-0.39, 0.29) is 12.7 Å². The lowest BCUT2D eigenvalue weighted by Crippen LogP contribution is -2.07. The van der Waals surface area contributed by atoms with E-state index in [0.717, 1.165) is 22.5 Å². The van der Waals surface area contributed by atoms with Crippen LogP contribution in [0.1, 0.15) is 22.5 Å². The minimum atomic E-state index is -0.235. The Labute approximate surface area is 173 Å². The first-order valence-electron chi connectivity index (χ1n) is 9.17. The summed E-state index contributed by atoms with van der Waals surface area (Å²) in [5.74, 6) is 1.07. The summed E-state index contributed by atoms with van der Waals surface area (Å²) in [4.78, 5) is 12.3. The van der Waals surface area contributed by atoms with Gasteiger partial charge in [0.15, 0.2) is 11.5 Å². The molecule has 0 unspecified atom stereocenters. The van der Waals surface area contributed by atoms with Crippen LogP contribution in [0.2, 0.25) is 5.02 Å². The zero-order valence-electron chi connectivity index (χ0n) is 16.1. The standard InChI is InChI=1S/C22H20ClN3O3/c1-14-18(15(2)26(25-14)12-16-5-3-4-6-19(16)23)8-10-22(27)24-17-7-9-20-21(11-17)29-13-28-20/h3-11H,12-13H2,1-2H3,(H,24,27)/b10-8+. The van der Waals surface area contributed by atoms with Crippen LogP contribution in [0, 0.1) is 13.8 Å². The number of nitrogens with one attached hydrogen (secondary N) is 1. The first-order valence-corrected chi connectivity index (χ1v) is 9.55. The highest BCUT2D eigenvalue weighted by molar-refractivity contribution is 6.31. The summed E-state index contributed by atoms with van der Waals surface area (Å²) in [7, 11) is 0. The third-order valence-corrected chi connectivity index (χ3v) is 5.13. The van der Waals surface area contributed by atoms with Crippen LogP contribution in [0.5, 0.6) is 11.5 Å². The normalized spacial score (nSPS) is 12.5. The summed E-state index contributed by atoms with van der Waals surface area (Å²) in [6, 6.07) is 13.0. The number of carbonyl (C=O) groups excluding carboxylic acids is 1. The second-order valence-electron chi connectivity index (χ2n) is 6.72. The molecule has 3 aromatic rings. The molecule has 0 radical (unpaired) electrons. The Balaban J connectivity index is 1.47. The Kier molecular flexibility index (Phi) is 5.27. The van der Waals surface area contributed by atoms with Gasteiger partial charge in [0.05, 0.1) is 12.2 Å². The van der Waals surface area contributed by atoms with Crippen LogP contribution in [0.3, 0.4) is 0 Å². The molecule has 6 nitrogen and oxygen atoms in total. The van der Waals surface area contributed by atoms with Crippen LogP contribution in [0.4, 0.5) is 5.69 Å². The lowest BCUT2D eigenvalue weighted by molar-refractivity contribution is -0.111. The van der Waals surface area contributed by atoms with Crippen LogP contribution < -0.4 is 14.8 Å². The van der Waals surface area contributed by atoms with E-state index in [1.807, 2.05) is 42.8 Å². The molecule has 2 heterocycles. The van der Waals surface area contributed by atoms with Crippen molar-refractivity contribution in [1.82, 2.24) is 9.78 Å². The lowest BCUT2D eigenvalue weighted by atomic mass is 10.1. The van der Waals surface area contributed by atoms with Crippen molar-refractivity contribution in [2.24, 2.45) is 0 Å². The second kappa shape index (κ2) is 8.01. The minimum Gasteiger partial charge on any atom is -0.454 e. The van der Waals surface area contributed by atoms with Gasteiger partial charge in [0.2, 0.25) is 12.7 Å². The Bertz CT molecular complexity index is 1100. The summed E-state index contributed by atoms with van der Waals surface area (Å²) in [5.41, 5.74) is 4.37. The van der Waals surface area contributed by atoms with Crippen LogP contribution in [0.25, 0.3) is 6.08 Å². The molecule has 0 atom stereocenters. The van der Waals surface area contributed by atoms with Gasteiger partial charge in [-0.3, -0.25) is 9.48 Å². The predicted octanol–water partition coefficient (Wildman–Crippen LogP) is 4.58. The molecule has 0 bridgehead atoms. The van der Waals surface area contributed by atoms with Crippen molar-refractivity contribution >= 4 is 29.3 Å². The first kappa shape index (κ1) is 19.1. The topological polar surface area (TPSA) is 65.4 Å². The molecule has 0 saturated heterocycles. The smallest absolute Gasteiger partial charge is 0.248 e. The lowest BCUT2D eigenvalue weighted by Gasteiger charge is -2.06. The largest absolute Gasteiger partial charge is 0.454 e. The number of hydrogen-bond acceptors (Lipinski definition) is 4. The van der Waals surface area contributed by atoms with Crippen LogP contribution in [0.15, 0.2) is 48.5 Å². The van der Waals surface area contributed by atoms with E-state index >= 15 is 0 Å². The van der Waals surface area contributed by atoms with Crippen molar-refractivity contribution in [3.63, 3.8) is 0 Å². The van der Waals surface area contributed by atoms with Crippen molar-refractivity contribution < 1.29 is 14.3 Å². The van der Waals surface area contributed by atoms with Gasteiger partial charge in [-0.15, -0.1) is 0 Å². The molecule has 7 heteroatoms. The van der Waals surface area contributed by atoms with Crippen LogP contribution >= 0.6 is 11.6 Å². The summed E-state index contributed by atoms with van der Waals surface area (Å²) in [5, 5.41) is 8.13. The number of hydrogen-bond donors (Lipinski definition) is 1. The molecular weight excluding hydrogens is 390 g/mol. The Morgan fingerprint density at radius 1 is 1.21 bits per heavy atom. The number of aromatic nitrogens is 2. The molecule has 29 heavy (non-hydrogen) atoms. The van der Waals surface area contributed by atoms with Crippen molar-refractivity contribution in [2.75, 3.05) is 12.1 Å². The number of benzene rings is 2. The van der Waals surface area contributed by atoms with E-state index < -0.39 is 0 Å². The third kappa shape index (κ3) is 4.12. The molecule has 1 amide bonds. The molecule has 148 valence electrons. The van der Waals surface area contributed by atoms with Gasteiger partial charge in [0, 0.05) is 34.1 Å². The molecule has 0 saturated carbocycles. The average Bonchev–Trinajstić information content (AvgIpc) is 3.26. The van der Waals surface area contributed by atoms with E-state index in [9.17, 15) is 4.79 Å². The number of halogens is 1. The van der Waals surface area contributed by atoms with Gasteiger partial charge in [-0.05, 0) is 43.7 Å². The monoisotopic (exact) mass is 409 g/mol. The highest BCUT2D eigenvalue weighted by Gasteiger charge is 2.14. The van der Waals surface area contributed by atoms with Gasteiger partial charge in [-0.25, -0.2) is 0 Å². The van der Waals surface area contributed by atoms with Crippen molar-refractivity contribution in [1.29, 1.82) is 0 Å². The number of aryl methyl sites for hydroxylation is 1. The molecule has 4 rings (SSSR count). The molecule has 0 fully saturated rings. The van der Waals surface area contributed by atoms with E-state index in [1.54, 1.807) is 24.3 Å². The van der Waals surface area contributed by atoms with Crippen molar-refractivity contribution in [3.05, 3.63) is 76.1 Å². The number of fused-ring (bicyclic) bond motifs is 1. The fraction of sp³-hybridized carbons (Fsp3) is 0.182. The Hall–Kier alpha value is -3.25. The maximum atomic E-state index is 12.3. The predicted molar refractivity (Wildman–Crippen MR) is 112 cm³/mol. The van der Waals surface area contributed by atoms with E-state index in [0.29, 0.717) is 28.8 Å². The molecule has 2 aromatic carbocycles. The summed E-state index contributed by atoms with van der Waals surface area (Å²) in [6.45, 7) is 4.67. The van der Waals surface area contributed by atoms with Gasteiger partial charge in [0.1, 0.15) is 0 Å². The van der Waals surface area contributed by atoms with Gasteiger partial charge in [-0.1, -0.05) is 29.8 Å². The van der Waals surface area contributed by atoms with Gasteiger partial charge in [0.25, 0.3) is 0 Å². The number of ether oxygens (including phenoxy) is 2.